The second-order valence-corrected chi connectivity index (χ2v) is 5.77. The van der Waals surface area contributed by atoms with E-state index in [-0.39, 0.29) is 6.04 Å². The van der Waals surface area contributed by atoms with Gasteiger partial charge in [-0.2, -0.15) is 0 Å². The fourth-order valence-electron chi connectivity index (χ4n) is 2.34. The summed E-state index contributed by atoms with van der Waals surface area (Å²) in [5.74, 6) is 0.733. The van der Waals surface area contributed by atoms with E-state index in [1.54, 1.807) is 11.8 Å². The van der Waals surface area contributed by atoms with E-state index in [2.05, 4.69) is 15.0 Å². The van der Waals surface area contributed by atoms with Gasteiger partial charge in [0, 0.05) is 12.1 Å². The summed E-state index contributed by atoms with van der Waals surface area (Å²) in [5, 5.41) is 8.32. The molecule has 0 amide bonds. The summed E-state index contributed by atoms with van der Waals surface area (Å²) in [5.41, 5.74) is 3.39. The number of fused-ring (bicyclic) bond motifs is 1. The molecule has 1 heterocycles. The van der Waals surface area contributed by atoms with E-state index in [4.69, 9.17) is 9.29 Å². The quantitative estimate of drug-likeness (QED) is 0.699. The van der Waals surface area contributed by atoms with E-state index in [9.17, 15) is 4.21 Å². The molecule has 0 saturated heterocycles. The average Bonchev–Trinajstić information content (AvgIpc) is 2.97. The van der Waals surface area contributed by atoms with Crippen molar-refractivity contribution in [1.29, 1.82) is 0 Å². The van der Waals surface area contributed by atoms with Crippen molar-refractivity contribution < 1.29 is 13.5 Å². The number of methoxy groups -OCH3 is 1. The van der Waals surface area contributed by atoms with Crippen LogP contribution in [0.15, 0.2) is 42.5 Å². The monoisotopic (exact) mass is 332 g/mol. The van der Waals surface area contributed by atoms with Gasteiger partial charge < -0.3 is 4.74 Å². The van der Waals surface area contributed by atoms with Gasteiger partial charge in [-0.1, -0.05) is 17.3 Å². The molecule has 1 aromatic heterocycles. The van der Waals surface area contributed by atoms with Crippen LogP contribution in [-0.4, -0.2) is 30.9 Å². The van der Waals surface area contributed by atoms with Crippen molar-refractivity contribution in [3.8, 4) is 11.4 Å². The summed E-state index contributed by atoms with van der Waals surface area (Å²) < 4.78 is 29.1. The van der Waals surface area contributed by atoms with Gasteiger partial charge in [-0.15, -0.1) is 5.10 Å². The van der Waals surface area contributed by atoms with Crippen molar-refractivity contribution in [3.63, 3.8) is 0 Å². The van der Waals surface area contributed by atoms with Gasteiger partial charge in [0.25, 0.3) is 0 Å². The molecule has 8 heteroatoms. The van der Waals surface area contributed by atoms with Crippen LogP contribution in [0.25, 0.3) is 16.7 Å². The number of hydrogen-bond acceptors (Lipinski definition) is 4. The maximum atomic E-state index is 10.8. The molecule has 23 heavy (non-hydrogen) atoms. The minimum atomic E-state index is -2.04. The predicted molar refractivity (Wildman–Crippen MR) is 87.7 cm³/mol. The van der Waals surface area contributed by atoms with Gasteiger partial charge in [0.05, 0.1) is 18.3 Å². The van der Waals surface area contributed by atoms with Crippen molar-refractivity contribution in [3.05, 3.63) is 48.0 Å². The van der Waals surface area contributed by atoms with Crippen molar-refractivity contribution in [2.45, 2.75) is 13.0 Å². The van der Waals surface area contributed by atoms with Crippen LogP contribution < -0.4 is 9.46 Å². The Kier molecular flexibility index (Phi) is 4.37. The number of nitrogens with one attached hydrogen (secondary N) is 1. The Morgan fingerprint density at radius 2 is 2.00 bits per heavy atom. The van der Waals surface area contributed by atoms with Crippen LogP contribution in [0, 0.1) is 0 Å². The lowest BCUT2D eigenvalue weighted by atomic mass is 10.1. The minimum absolute atomic E-state index is 0.230. The zero-order chi connectivity index (χ0) is 16.4. The first kappa shape index (κ1) is 15.6. The van der Waals surface area contributed by atoms with Crippen LogP contribution in [0.4, 0.5) is 0 Å². The zero-order valence-corrected chi connectivity index (χ0v) is 13.4. The Bertz CT molecular complexity index is 848. The molecule has 2 N–H and O–H groups in total. The Balaban J connectivity index is 1.92. The third-order valence-electron chi connectivity index (χ3n) is 3.57. The predicted octanol–water partition coefficient (Wildman–Crippen LogP) is 2.22. The lowest BCUT2D eigenvalue weighted by Gasteiger charge is -2.11. The van der Waals surface area contributed by atoms with E-state index in [1.165, 1.54) is 0 Å². The van der Waals surface area contributed by atoms with Crippen molar-refractivity contribution in [2.24, 2.45) is 0 Å². The van der Waals surface area contributed by atoms with Gasteiger partial charge >= 0.3 is 0 Å². The Labute approximate surface area is 135 Å². The molecule has 7 nitrogen and oxygen atoms in total. The number of aromatic nitrogens is 3. The molecule has 0 fully saturated rings. The van der Waals surface area contributed by atoms with Crippen LogP contribution in [0.5, 0.6) is 5.75 Å². The summed E-state index contributed by atoms with van der Waals surface area (Å²) in [6.07, 6.45) is 0. The molecule has 3 rings (SSSR count). The van der Waals surface area contributed by atoms with Gasteiger partial charge in [0.1, 0.15) is 11.3 Å². The molecule has 0 aliphatic rings. The van der Waals surface area contributed by atoms with Gasteiger partial charge in [-0.25, -0.2) is 13.6 Å². The largest absolute Gasteiger partial charge is 0.497 e. The fraction of sp³-hybridized carbons (Fsp3) is 0.200. The third-order valence-corrected chi connectivity index (χ3v) is 4.12. The highest BCUT2D eigenvalue weighted by Crippen LogP contribution is 2.22. The second kappa shape index (κ2) is 6.45. The summed E-state index contributed by atoms with van der Waals surface area (Å²) in [7, 11) is 1.61. The van der Waals surface area contributed by atoms with Gasteiger partial charge in [-0.3, -0.25) is 4.55 Å². The maximum absolute atomic E-state index is 10.8. The molecule has 2 unspecified atom stereocenters. The van der Waals surface area contributed by atoms with Crippen LogP contribution in [-0.2, 0) is 11.3 Å². The molecular formula is C15H16N4O3S. The summed E-state index contributed by atoms with van der Waals surface area (Å²) in [6, 6.07) is 12.9. The number of ether oxygens (including phenoxy) is 1. The topological polar surface area (TPSA) is 89.3 Å². The van der Waals surface area contributed by atoms with Gasteiger partial charge in [0.2, 0.25) is 11.3 Å². The Hall–Kier alpha value is -2.29. The first-order valence-corrected chi connectivity index (χ1v) is 8.06. The van der Waals surface area contributed by atoms with E-state index >= 15 is 0 Å². The van der Waals surface area contributed by atoms with Gasteiger partial charge in [-0.05, 0) is 36.8 Å². The second-order valence-electron chi connectivity index (χ2n) is 5.04. The molecule has 0 aliphatic carbocycles. The van der Waals surface area contributed by atoms with E-state index in [0.717, 1.165) is 28.0 Å². The molecule has 0 aliphatic heterocycles. The standard InChI is InChI=1S/C15H16N4O3S/c1-10(17-23(20)21)11-3-5-12(6-4-11)19-15-8-7-13(22-2)9-14(15)16-18-19/h3-10,17H,1-2H3,(H,20,21). The summed E-state index contributed by atoms with van der Waals surface area (Å²) in [4.78, 5) is 0. The van der Waals surface area contributed by atoms with Gasteiger partial charge in [0.15, 0.2) is 0 Å². The Morgan fingerprint density at radius 1 is 1.26 bits per heavy atom. The highest BCUT2D eigenvalue weighted by molar-refractivity contribution is 7.77. The lowest BCUT2D eigenvalue weighted by molar-refractivity contribution is 0.415. The van der Waals surface area contributed by atoms with Crippen molar-refractivity contribution in [1.82, 2.24) is 19.7 Å². The molecular weight excluding hydrogens is 316 g/mol. The first-order chi connectivity index (χ1) is 11.1. The molecule has 0 radical (unpaired) electrons. The molecule has 0 bridgehead atoms. The number of rotatable bonds is 5. The Morgan fingerprint density at radius 3 is 2.65 bits per heavy atom. The van der Waals surface area contributed by atoms with Crippen LogP contribution in [0.1, 0.15) is 18.5 Å². The maximum Gasteiger partial charge on any atom is 0.232 e. The average molecular weight is 332 g/mol. The van der Waals surface area contributed by atoms with E-state index in [0.29, 0.717) is 0 Å². The number of nitrogens with zero attached hydrogens (tertiary/aromatic N) is 3. The van der Waals surface area contributed by atoms with Crippen LogP contribution in [0.3, 0.4) is 0 Å². The smallest absolute Gasteiger partial charge is 0.232 e. The SMILES string of the molecule is COc1ccc2c(c1)nnn2-c1ccc(C(C)NS(=O)O)cc1. The first-order valence-electron chi connectivity index (χ1n) is 6.95. The molecule has 3 aromatic rings. The minimum Gasteiger partial charge on any atom is -0.497 e. The number of benzene rings is 2. The molecule has 120 valence electrons. The molecule has 2 atom stereocenters. The van der Waals surface area contributed by atoms with Crippen LogP contribution in [0.2, 0.25) is 0 Å². The summed E-state index contributed by atoms with van der Waals surface area (Å²) in [6.45, 7) is 1.82. The van der Waals surface area contributed by atoms with E-state index in [1.807, 2.05) is 49.4 Å². The number of hydrogen-bond donors (Lipinski definition) is 2. The third kappa shape index (κ3) is 3.24. The summed E-state index contributed by atoms with van der Waals surface area (Å²) >= 11 is -2.04. The lowest BCUT2D eigenvalue weighted by Crippen LogP contribution is -2.20. The molecule has 0 spiro atoms. The molecule has 2 aromatic carbocycles. The van der Waals surface area contributed by atoms with Crippen molar-refractivity contribution in [2.75, 3.05) is 7.11 Å². The molecule has 0 saturated carbocycles. The fourth-order valence-corrected chi connectivity index (χ4v) is 2.78. The highest BCUT2D eigenvalue weighted by atomic mass is 32.2. The van der Waals surface area contributed by atoms with Crippen LogP contribution >= 0.6 is 0 Å². The van der Waals surface area contributed by atoms with Crippen molar-refractivity contribution >= 4 is 22.3 Å². The highest BCUT2D eigenvalue weighted by Gasteiger charge is 2.10. The zero-order valence-electron chi connectivity index (χ0n) is 12.6. The van der Waals surface area contributed by atoms with E-state index < -0.39 is 11.3 Å². The normalized spacial score (nSPS) is 13.9.